The Morgan fingerprint density at radius 3 is 1.96 bits per heavy atom. The summed E-state index contributed by atoms with van der Waals surface area (Å²) in [6.07, 6.45) is 0.774. The molecular weight excluding hydrogens is 336 g/mol. The number of fused-ring (bicyclic) bond motifs is 1. The maximum Gasteiger partial charge on any atom is 0.316 e. The summed E-state index contributed by atoms with van der Waals surface area (Å²) in [5.41, 5.74) is 3.80. The van der Waals surface area contributed by atoms with E-state index < -0.39 is 11.8 Å². The SMILES string of the molecule is O=C(NC(c1ccccc1)c1ccccc1)C(=O)N1CCc2ccccc21. The molecule has 3 aromatic carbocycles. The van der Waals surface area contributed by atoms with Crippen molar-refractivity contribution in [3.63, 3.8) is 0 Å². The first-order chi connectivity index (χ1) is 13.2. The number of nitrogens with one attached hydrogen (secondary N) is 1. The largest absolute Gasteiger partial charge is 0.337 e. The molecule has 1 N–H and O–H groups in total. The maximum atomic E-state index is 12.8. The first-order valence-electron chi connectivity index (χ1n) is 9.04. The van der Waals surface area contributed by atoms with Gasteiger partial charge < -0.3 is 10.2 Å². The van der Waals surface area contributed by atoms with Crippen LogP contribution in [0.2, 0.25) is 0 Å². The topological polar surface area (TPSA) is 49.4 Å². The highest BCUT2D eigenvalue weighted by Gasteiger charge is 2.30. The molecule has 0 aromatic heterocycles. The van der Waals surface area contributed by atoms with Crippen LogP contribution < -0.4 is 10.2 Å². The predicted molar refractivity (Wildman–Crippen MR) is 105 cm³/mol. The second-order valence-electron chi connectivity index (χ2n) is 6.56. The summed E-state index contributed by atoms with van der Waals surface area (Å²) >= 11 is 0. The van der Waals surface area contributed by atoms with Crippen LogP contribution in [0.15, 0.2) is 84.9 Å². The standard InChI is InChI=1S/C23H20N2O2/c26-22(23(27)25-16-15-17-9-7-8-14-20(17)25)24-21(18-10-3-1-4-11-18)19-12-5-2-6-13-19/h1-14,21H,15-16H2,(H,24,26). The molecule has 4 rings (SSSR count). The number of hydrogen-bond donors (Lipinski definition) is 1. The molecule has 4 heteroatoms. The molecule has 0 aliphatic carbocycles. The summed E-state index contributed by atoms with van der Waals surface area (Å²) in [5.74, 6) is -1.11. The highest BCUT2D eigenvalue weighted by atomic mass is 16.2. The van der Waals surface area contributed by atoms with Crippen LogP contribution in [0.4, 0.5) is 5.69 Å². The molecule has 0 unspecified atom stereocenters. The number of rotatable bonds is 3. The summed E-state index contributed by atoms with van der Waals surface area (Å²) in [6, 6.07) is 26.7. The second-order valence-corrected chi connectivity index (χ2v) is 6.56. The number of benzene rings is 3. The minimum Gasteiger partial charge on any atom is -0.337 e. The third-order valence-corrected chi connectivity index (χ3v) is 4.87. The molecule has 2 amide bonds. The summed E-state index contributed by atoms with van der Waals surface area (Å²) in [5, 5.41) is 2.93. The molecule has 3 aromatic rings. The molecule has 1 aliphatic heterocycles. The molecule has 1 aliphatic rings. The van der Waals surface area contributed by atoms with Gasteiger partial charge in [0.05, 0.1) is 6.04 Å². The Kier molecular flexibility index (Phi) is 4.71. The minimum atomic E-state index is -0.593. The first-order valence-corrected chi connectivity index (χ1v) is 9.04. The quantitative estimate of drug-likeness (QED) is 0.731. The van der Waals surface area contributed by atoms with E-state index >= 15 is 0 Å². The van der Waals surface area contributed by atoms with Gasteiger partial charge >= 0.3 is 11.8 Å². The highest BCUT2D eigenvalue weighted by molar-refractivity contribution is 6.40. The van der Waals surface area contributed by atoms with Crippen LogP contribution in [-0.4, -0.2) is 18.4 Å². The van der Waals surface area contributed by atoms with Gasteiger partial charge in [-0.15, -0.1) is 0 Å². The van der Waals surface area contributed by atoms with E-state index in [1.54, 1.807) is 4.90 Å². The summed E-state index contributed by atoms with van der Waals surface area (Å²) in [6.45, 7) is 0.535. The monoisotopic (exact) mass is 356 g/mol. The van der Waals surface area contributed by atoms with Crippen molar-refractivity contribution in [1.82, 2.24) is 5.32 Å². The zero-order valence-corrected chi connectivity index (χ0v) is 14.8. The molecule has 0 atom stereocenters. The van der Waals surface area contributed by atoms with Crippen LogP contribution in [0.25, 0.3) is 0 Å². The molecular formula is C23H20N2O2. The Morgan fingerprint density at radius 1 is 0.778 bits per heavy atom. The van der Waals surface area contributed by atoms with Crippen molar-refractivity contribution < 1.29 is 9.59 Å². The Balaban J connectivity index is 1.58. The van der Waals surface area contributed by atoms with Gasteiger partial charge in [-0.2, -0.15) is 0 Å². The molecule has 0 saturated heterocycles. The number of para-hydroxylation sites is 1. The Bertz CT molecular complexity index is 915. The zero-order valence-electron chi connectivity index (χ0n) is 14.8. The Labute approximate surface area is 158 Å². The molecule has 0 spiro atoms. The summed E-state index contributed by atoms with van der Waals surface area (Å²) < 4.78 is 0. The van der Waals surface area contributed by atoms with E-state index in [-0.39, 0.29) is 6.04 Å². The third kappa shape index (κ3) is 3.47. The summed E-state index contributed by atoms with van der Waals surface area (Å²) in [4.78, 5) is 27.2. The fraction of sp³-hybridized carbons (Fsp3) is 0.130. The van der Waals surface area contributed by atoms with Gasteiger partial charge in [-0.25, -0.2) is 0 Å². The Hall–Kier alpha value is -3.40. The maximum absolute atomic E-state index is 12.8. The minimum absolute atomic E-state index is 0.373. The predicted octanol–water partition coefficient (Wildman–Crippen LogP) is 3.48. The smallest absolute Gasteiger partial charge is 0.316 e. The third-order valence-electron chi connectivity index (χ3n) is 4.87. The molecule has 1 heterocycles. The van der Waals surface area contributed by atoms with Crippen molar-refractivity contribution in [3.05, 3.63) is 102 Å². The van der Waals surface area contributed by atoms with Gasteiger partial charge in [-0.3, -0.25) is 9.59 Å². The van der Waals surface area contributed by atoms with Crippen LogP contribution in [-0.2, 0) is 16.0 Å². The van der Waals surface area contributed by atoms with Crippen molar-refractivity contribution in [2.24, 2.45) is 0 Å². The number of carbonyl (C=O) groups is 2. The molecule has 0 saturated carbocycles. The van der Waals surface area contributed by atoms with Crippen LogP contribution >= 0.6 is 0 Å². The average molecular weight is 356 g/mol. The van der Waals surface area contributed by atoms with Crippen molar-refractivity contribution in [2.75, 3.05) is 11.4 Å². The van der Waals surface area contributed by atoms with Crippen molar-refractivity contribution in [1.29, 1.82) is 0 Å². The van der Waals surface area contributed by atoms with Gasteiger partial charge in [0.2, 0.25) is 0 Å². The van der Waals surface area contributed by atoms with E-state index in [0.29, 0.717) is 6.54 Å². The van der Waals surface area contributed by atoms with Gasteiger partial charge in [0.25, 0.3) is 0 Å². The molecule has 0 radical (unpaired) electrons. The molecule has 134 valence electrons. The van der Waals surface area contributed by atoms with E-state index in [0.717, 1.165) is 28.8 Å². The van der Waals surface area contributed by atoms with E-state index in [9.17, 15) is 9.59 Å². The zero-order chi connectivity index (χ0) is 18.6. The van der Waals surface area contributed by atoms with E-state index in [4.69, 9.17) is 0 Å². The molecule has 0 bridgehead atoms. The van der Waals surface area contributed by atoms with Crippen LogP contribution in [0, 0.1) is 0 Å². The van der Waals surface area contributed by atoms with Gasteiger partial charge in [0.1, 0.15) is 0 Å². The van der Waals surface area contributed by atoms with Crippen LogP contribution in [0.3, 0.4) is 0 Å². The number of amides is 2. The van der Waals surface area contributed by atoms with Gasteiger partial charge in [0, 0.05) is 12.2 Å². The number of nitrogens with zero attached hydrogens (tertiary/aromatic N) is 1. The average Bonchev–Trinajstić information content (AvgIpc) is 3.16. The highest BCUT2D eigenvalue weighted by Crippen LogP contribution is 2.28. The normalized spacial score (nSPS) is 12.7. The first kappa shape index (κ1) is 17.0. The molecule has 27 heavy (non-hydrogen) atoms. The van der Waals surface area contributed by atoms with E-state index in [1.165, 1.54) is 0 Å². The van der Waals surface area contributed by atoms with Crippen molar-refractivity contribution >= 4 is 17.5 Å². The number of carbonyl (C=O) groups excluding carboxylic acids is 2. The number of hydrogen-bond acceptors (Lipinski definition) is 2. The lowest BCUT2D eigenvalue weighted by Crippen LogP contribution is -2.43. The lowest BCUT2D eigenvalue weighted by Gasteiger charge is -2.22. The van der Waals surface area contributed by atoms with Gasteiger partial charge in [-0.05, 0) is 29.2 Å². The van der Waals surface area contributed by atoms with E-state index in [2.05, 4.69) is 5.32 Å². The molecule has 0 fully saturated rings. The van der Waals surface area contributed by atoms with E-state index in [1.807, 2.05) is 84.9 Å². The lowest BCUT2D eigenvalue weighted by molar-refractivity contribution is -0.137. The van der Waals surface area contributed by atoms with Crippen LogP contribution in [0.1, 0.15) is 22.7 Å². The fourth-order valence-corrected chi connectivity index (χ4v) is 3.51. The summed E-state index contributed by atoms with van der Waals surface area (Å²) in [7, 11) is 0. The van der Waals surface area contributed by atoms with Gasteiger partial charge in [0.15, 0.2) is 0 Å². The molecule has 4 nitrogen and oxygen atoms in total. The number of anilines is 1. The fourth-order valence-electron chi connectivity index (χ4n) is 3.51. The second kappa shape index (κ2) is 7.46. The van der Waals surface area contributed by atoms with Crippen LogP contribution in [0.5, 0.6) is 0 Å². The lowest BCUT2D eigenvalue weighted by atomic mass is 9.98. The Morgan fingerprint density at radius 2 is 1.33 bits per heavy atom. The van der Waals surface area contributed by atoms with Crippen molar-refractivity contribution in [2.45, 2.75) is 12.5 Å². The van der Waals surface area contributed by atoms with Gasteiger partial charge in [-0.1, -0.05) is 78.9 Å². The van der Waals surface area contributed by atoms with Crippen molar-refractivity contribution in [3.8, 4) is 0 Å².